The number of nitrogens with zero attached hydrogens (tertiary/aromatic N) is 1. The van der Waals surface area contributed by atoms with Crippen LogP contribution in [0.15, 0.2) is 48.5 Å². The molecule has 0 spiro atoms. The van der Waals surface area contributed by atoms with Gasteiger partial charge in [0, 0.05) is 31.0 Å². The highest BCUT2D eigenvalue weighted by Crippen LogP contribution is 2.32. The lowest BCUT2D eigenvalue weighted by molar-refractivity contribution is -0.122. The molecule has 0 fully saturated rings. The van der Waals surface area contributed by atoms with Gasteiger partial charge >= 0.3 is 0 Å². The maximum Gasteiger partial charge on any atom is 0.257 e. The van der Waals surface area contributed by atoms with Crippen molar-refractivity contribution in [1.82, 2.24) is 10.3 Å². The van der Waals surface area contributed by atoms with E-state index in [0.29, 0.717) is 28.3 Å². The summed E-state index contributed by atoms with van der Waals surface area (Å²) in [5.41, 5.74) is 1.27. The van der Waals surface area contributed by atoms with Crippen LogP contribution in [0.2, 0.25) is 5.02 Å². The van der Waals surface area contributed by atoms with Crippen LogP contribution in [0.1, 0.15) is 33.7 Å². The number of likely N-dealkylation sites (N-methyl/N-ethyl adjacent to an activating group) is 1. The van der Waals surface area contributed by atoms with E-state index in [9.17, 15) is 18.8 Å². The lowest BCUT2D eigenvalue weighted by Crippen LogP contribution is -2.24. The maximum absolute atomic E-state index is 13.6. The molecule has 0 aliphatic rings. The molecule has 188 valence electrons. The molecule has 2 aromatic carbocycles. The molecular formula is C26H24ClFN2O6. The molecular weight excluding hydrogens is 491 g/mol. The molecule has 1 aromatic heterocycles. The van der Waals surface area contributed by atoms with Crippen LogP contribution in [0.3, 0.4) is 0 Å². The SMILES string of the molecule is CNC(=O)COc1ccc(C(=O)CCC(=O)c2ccc(OC)c(-c3ccc(F)c(Cl)c3)n2)cc1OC. The van der Waals surface area contributed by atoms with Crippen molar-refractivity contribution in [2.24, 2.45) is 0 Å². The Morgan fingerprint density at radius 2 is 1.61 bits per heavy atom. The van der Waals surface area contributed by atoms with Gasteiger partial charge in [0.2, 0.25) is 0 Å². The van der Waals surface area contributed by atoms with E-state index < -0.39 is 5.82 Å². The number of methoxy groups -OCH3 is 2. The zero-order valence-electron chi connectivity index (χ0n) is 19.9. The number of benzene rings is 2. The van der Waals surface area contributed by atoms with Crippen LogP contribution in [-0.4, -0.2) is 50.3 Å². The molecule has 0 saturated carbocycles. The van der Waals surface area contributed by atoms with Crippen LogP contribution in [0, 0.1) is 5.82 Å². The molecule has 0 radical (unpaired) electrons. The predicted octanol–water partition coefficient (Wildman–Crippen LogP) is 4.53. The van der Waals surface area contributed by atoms with E-state index in [1.165, 1.54) is 63.7 Å². The number of carbonyl (C=O) groups excluding carboxylic acids is 3. The molecule has 36 heavy (non-hydrogen) atoms. The van der Waals surface area contributed by atoms with Crippen molar-refractivity contribution in [3.63, 3.8) is 0 Å². The number of ketones is 2. The van der Waals surface area contributed by atoms with E-state index in [2.05, 4.69) is 10.3 Å². The summed E-state index contributed by atoms with van der Waals surface area (Å²) in [6.07, 6.45) is -0.148. The van der Waals surface area contributed by atoms with Crippen molar-refractivity contribution in [3.8, 4) is 28.5 Å². The van der Waals surface area contributed by atoms with E-state index in [-0.39, 0.29) is 53.4 Å². The van der Waals surface area contributed by atoms with Gasteiger partial charge in [-0.1, -0.05) is 11.6 Å². The van der Waals surface area contributed by atoms with Gasteiger partial charge in [0.05, 0.1) is 19.2 Å². The van der Waals surface area contributed by atoms with Crippen LogP contribution in [0.5, 0.6) is 17.2 Å². The topological polar surface area (TPSA) is 104 Å². The van der Waals surface area contributed by atoms with Crippen molar-refractivity contribution < 1.29 is 33.0 Å². The molecule has 8 nitrogen and oxygen atoms in total. The standard InChI is InChI=1S/C26H24ClFN2O6/c1-29-25(33)14-36-22-10-5-15(13-24(22)35-3)20(31)8-9-21(32)19-7-11-23(34-2)26(30-19)16-4-6-18(28)17(27)12-16/h4-7,10-13H,8-9,14H2,1-3H3,(H,29,33). The highest BCUT2D eigenvalue weighted by atomic mass is 35.5. The number of carbonyl (C=O) groups is 3. The molecule has 0 bridgehead atoms. The Hall–Kier alpha value is -3.98. The summed E-state index contributed by atoms with van der Waals surface area (Å²) < 4.78 is 29.6. The number of pyridine rings is 1. The van der Waals surface area contributed by atoms with Gasteiger partial charge in [0.1, 0.15) is 23.0 Å². The summed E-state index contributed by atoms with van der Waals surface area (Å²) in [5.74, 6) is -0.533. The average molecular weight is 515 g/mol. The molecule has 0 unspecified atom stereocenters. The molecule has 0 aliphatic carbocycles. The lowest BCUT2D eigenvalue weighted by atomic mass is 10.0. The molecule has 0 aliphatic heterocycles. The maximum atomic E-state index is 13.6. The van der Waals surface area contributed by atoms with Crippen molar-refractivity contribution >= 4 is 29.1 Å². The first-order valence-electron chi connectivity index (χ1n) is 10.9. The van der Waals surface area contributed by atoms with E-state index in [0.717, 1.165) is 0 Å². The molecule has 1 N–H and O–H groups in total. The quantitative estimate of drug-likeness (QED) is 0.375. The highest BCUT2D eigenvalue weighted by molar-refractivity contribution is 6.31. The van der Waals surface area contributed by atoms with Gasteiger partial charge in [0.25, 0.3) is 5.91 Å². The number of Topliss-reactive ketones (excluding diaryl/α,β-unsaturated/α-hetero) is 2. The zero-order chi connectivity index (χ0) is 26.2. The molecule has 0 saturated heterocycles. The minimum absolute atomic E-state index is 0.0636. The normalized spacial score (nSPS) is 10.5. The molecule has 3 aromatic rings. The van der Waals surface area contributed by atoms with Gasteiger partial charge in [-0.25, -0.2) is 9.37 Å². The van der Waals surface area contributed by atoms with Crippen LogP contribution >= 0.6 is 11.6 Å². The predicted molar refractivity (Wildman–Crippen MR) is 132 cm³/mol. The third kappa shape index (κ3) is 6.37. The lowest BCUT2D eigenvalue weighted by Gasteiger charge is -2.12. The number of ether oxygens (including phenoxy) is 3. The number of nitrogens with one attached hydrogen (secondary N) is 1. The summed E-state index contributed by atoms with van der Waals surface area (Å²) in [6, 6.07) is 11.7. The van der Waals surface area contributed by atoms with E-state index in [1.807, 2.05) is 0 Å². The Balaban J connectivity index is 1.72. The fraction of sp³-hybridized carbons (Fsp3) is 0.231. The smallest absolute Gasteiger partial charge is 0.257 e. The Labute approximate surface area is 212 Å². The fourth-order valence-electron chi connectivity index (χ4n) is 3.29. The number of aromatic nitrogens is 1. The zero-order valence-corrected chi connectivity index (χ0v) is 20.6. The number of amides is 1. The fourth-order valence-corrected chi connectivity index (χ4v) is 3.47. The largest absolute Gasteiger partial charge is 0.494 e. The van der Waals surface area contributed by atoms with Crippen LogP contribution in [0.4, 0.5) is 4.39 Å². The van der Waals surface area contributed by atoms with Gasteiger partial charge in [-0.15, -0.1) is 0 Å². The first kappa shape index (κ1) is 26.6. The van der Waals surface area contributed by atoms with Crippen molar-refractivity contribution in [3.05, 3.63) is 70.6 Å². The van der Waals surface area contributed by atoms with Gasteiger partial charge in [-0.3, -0.25) is 14.4 Å². The third-order valence-corrected chi connectivity index (χ3v) is 5.55. The number of hydrogen-bond acceptors (Lipinski definition) is 7. The molecule has 1 amide bonds. The molecule has 10 heteroatoms. The van der Waals surface area contributed by atoms with Crippen LogP contribution in [-0.2, 0) is 4.79 Å². The summed E-state index contributed by atoms with van der Waals surface area (Å²) in [4.78, 5) is 41.3. The minimum Gasteiger partial charge on any atom is -0.494 e. The van der Waals surface area contributed by atoms with Crippen molar-refractivity contribution in [2.45, 2.75) is 12.8 Å². The Kier molecular flexibility index (Phi) is 8.97. The van der Waals surface area contributed by atoms with E-state index in [1.54, 1.807) is 6.07 Å². The Morgan fingerprint density at radius 3 is 2.28 bits per heavy atom. The van der Waals surface area contributed by atoms with Crippen molar-refractivity contribution in [1.29, 1.82) is 0 Å². The summed E-state index contributed by atoms with van der Waals surface area (Å²) >= 11 is 5.89. The van der Waals surface area contributed by atoms with Gasteiger partial charge in [-0.2, -0.15) is 0 Å². The Morgan fingerprint density at radius 1 is 0.917 bits per heavy atom. The van der Waals surface area contributed by atoms with Gasteiger partial charge < -0.3 is 19.5 Å². The molecule has 1 heterocycles. The van der Waals surface area contributed by atoms with E-state index in [4.69, 9.17) is 25.8 Å². The number of halogens is 2. The van der Waals surface area contributed by atoms with E-state index >= 15 is 0 Å². The number of rotatable bonds is 11. The average Bonchev–Trinajstić information content (AvgIpc) is 2.91. The van der Waals surface area contributed by atoms with Gasteiger partial charge in [0.15, 0.2) is 29.7 Å². The third-order valence-electron chi connectivity index (χ3n) is 5.26. The monoisotopic (exact) mass is 514 g/mol. The Bertz CT molecular complexity index is 1300. The highest BCUT2D eigenvalue weighted by Gasteiger charge is 2.18. The first-order chi connectivity index (χ1) is 17.3. The second kappa shape index (κ2) is 12.1. The molecule has 0 atom stereocenters. The summed E-state index contributed by atoms with van der Waals surface area (Å²) in [5, 5.41) is 2.36. The summed E-state index contributed by atoms with van der Waals surface area (Å²) in [6.45, 7) is -0.199. The second-order valence-corrected chi connectivity index (χ2v) is 7.96. The van der Waals surface area contributed by atoms with Gasteiger partial charge in [-0.05, 0) is 48.5 Å². The van der Waals surface area contributed by atoms with Crippen LogP contribution in [0.25, 0.3) is 11.3 Å². The van der Waals surface area contributed by atoms with Crippen molar-refractivity contribution in [2.75, 3.05) is 27.9 Å². The second-order valence-electron chi connectivity index (χ2n) is 7.55. The minimum atomic E-state index is -0.576. The first-order valence-corrected chi connectivity index (χ1v) is 11.2. The number of hydrogen-bond donors (Lipinski definition) is 1. The van der Waals surface area contributed by atoms with Crippen LogP contribution < -0.4 is 19.5 Å². The summed E-state index contributed by atoms with van der Waals surface area (Å²) in [7, 11) is 4.36. The molecule has 3 rings (SSSR count).